The third-order valence-electron chi connectivity index (χ3n) is 2.36. The summed E-state index contributed by atoms with van der Waals surface area (Å²) in [6, 6.07) is 12.5. The Kier molecular flexibility index (Phi) is 3.80. The highest BCUT2D eigenvalue weighted by Crippen LogP contribution is 2.19. The van der Waals surface area contributed by atoms with Crippen LogP contribution in [0.1, 0.15) is 0 Å². The first-order chi connectivity index (χ1) is 7.75. The van der Waals surface area contributed by atoms with Gasteiger partial charge >= 0.3 is 0 Å². The number of benzene rings is 1. The molecule has 0 aliphatic rings. The van der Waals surface area contributed by atoms with Crippen LogP contribution in [0.15, 0.2) is 41.4 Å². The number of pyridine rings is 1. The van der Waals surface area contributed by atoms with Gasteiger partial charge < -0.3 is 4.90 Å². The van der Waals surface area contributed by atoms with E-state index in [0.29, 0.717) is 0 Å². The summed E-state index contributed by atoms with van der Waals surface area (Å²) in [7, 11) is 4.18. The van der Waals surface area contributed by atoms with Gasteiger partial charge in [-0.1, -0.05) is 24.3 Å². The minimum Gasteiger partial charge on any atom is -0.309 e. The monoisotopic (exact) mass is 232 g/mol. The molecule has 84 valence electrons. The lowest BCUT2D eigenvalue weighted by atomic mass is 10.2. The lowest BCUT2D eigenvalue weighted by molar-refractivity contribution is 0.437. The maximum absolute atomic E-state index is 4.62. The molecule has 1 aromatic carbocycles. The molecule has 0 aliphatic heterocycles. The van der Waals surface area contributed by atoms with E-state index in [9.17, 15) is 0 Å². The molecule has 0 aliphatic carbocycles. The van der Waals surface area contributed by atoms with Gasteiger partial charge in [-0.25, -0.2) is 4.98 Å². The van der Waals surface area contributed by atoms with Gasteiger partial charge in [0.15, 0.2) is 0 Å². The second kappa shape index (κ2) is 5.32. The van der Waals surface area contributed by atoms with Crippen LogP contribution in [0.5, 0.6) is 0 Å². The van der Waals surface area contributed by atoms with Crippen LogP contribution >= 0.6 is 11.8 Å². The van der Waals surface area contributed by atoms with E-state index in [2.05, 4.69) is 48.2 Å². The molecular formula is C13H16N2S. The normalized spacial score (nSPS) is 11.2. The summed E-state index contributed by atoms with van der Waals surface area (Å²) in [5.74, 6) is 1.08. The predicted octanol–water partition coefficient (Wildman–Crippen LogP) is 2.89. The fourth-order valence-corrected chi connectivity index (χ4v) is 2.45. The van der Waals surface area contributed by atoms with Crippen molar-refractivity contribution in [2.75, 3.05) is 26.4 Å². The van der Waals surface area contributed by atoms with Gasteiger partial charge in [0.2, 0.25) is 0 Å². The maximum Gasteiger partial charge on any atom is 0.0968 e. The Morgan fingerprint density at radius 2 is 1.94 bits per heavy atom. The quantitative estimate of drug-likeness (QED) is 0.754. The molecule has 0 saturated carbocycles. The van der Waals surface area contributed by atoms with Crippen molar-refractivity contribution in [2.24, 2.45) is 0 Å². The van der Waals surface area contributed by atoms with Crippen LogP contribution in [-0.2, 0) is 0 Å². The van der Waals surface area contributed by atoms with Gasteiger partial charge in [-0.05, 0) is 26.2 Å². The van der Waals surface area contributed by atoms with Gasteiger partial charge in [0, 0.05) is 17.7 Å². The smallest absolute Gasteiger partial charge is 0.0968 e. The van der Waals surface area contributed by atoms with Crippen LogP contribution in [0.4, 0.5) is 0 Å². The van der Waals surface area contributed by atoms with Gasteiger partial charge in [0.1, 0.15) is 0 Å². The maximum atomic E-state index is 4.62. The number of nitrogens with zero attached hydrogens (tertiary/aromatic N) is 2. The Morgan fingerprint density at radius 3 is 2.75 bits per heavy atom. The summed E-state index contributed by atoms with van der Waals surface area (Å²) in [4.78, 5) is 6.81. The van der Waals surface area contributed by atoms with Crippen molar-refractivity contribution >= 4 is 22.7 Å². The minimum atomic E-state index is 1.08. The zero-order valence-corrected chi connectivity index (χ0v) is 10.5. The molecule has 0 spiro atoms. The molecule has 0 unspecified atom stereocenters. The second-order valence-corrected chi connectivity index (χ2v) is 5.11. The molecule has 1 heterocycles. The first kappa shape index (κ1) is 11.4. The average Bonchev–Trinajstić information content (AvgIpc) is 2.28. The molecule has 3 heteroatoms. The second-order valence-electron chi connectivity index (χ2n) is 3.99. The summed E-state index contributed by atoms with van der Waals surface area (Å²) in [5.41, 5.74) is 1.08. The summed E-state index contributed by atoms with van der Waals surface area (Å²) < 4.78 is 0. The van der Waals surface area contributed by atoms with Crippen molar-refractivity contribution in [2.45, 2.75) is 5.03 Å². The molecule has 0 radical (unpaired) electrons. The van der Waals surface area contributed by atoms with Crippen molar-refractivity contribution in [1.29, 1.82) is 0 Å². The molecule has 0 N–H and O–H groups in total. The van der Waals surface area contributed by atoms with Crippen LogP contribution in [0.25, 0.3) is 10.9 Å². The van der Waals surface area contributed by atoms with E-state index >= 15 is 0 Å². The number of rotatable bonds is 4. The van der Waals surface area contributed by atoms with Crippen molar-refractivity contribution in [1.82, 2.24) is 9.88 Å². The minimum absolute atomic E-state index is 1.08. The van der Waals surface area contributed by atoms with Crippen molar-refractivity contribution in [3.8, 4) is 0 Å². The van der Waals surface area contributed by atoms with Crippen LogP contribution in [0, 0.1) is 0 Å². The fraction of sp³-hybridized carbons (Fsp3) is 0.308. The molecule has 0 amide bonds. The lowest BCUT2D eigenvalue weighted by Crippen LogP contribution is -2.14. The number of para-hydroxylation sites is 1. The zero-order valence-electron chi connectivity index (χ0n) is 9.68. The highest BCUT2D eigenvalue weighted by molar-refractivity contribution is 7.99. The standard InChI is InChI=1S/C13H16N2S/c1-15(2)9-10-16-13-8-7-11-5-3-4-6-12(11)14-13/h3-8H,9-10H2,1-2H3. The van der Waals surface area contributed by atoms with Gasteiger partial charge in [-0.2, -0.15) is 0 Å². The molecule has 0 atom stereocenters. The van der Waals surface area contributed by atoms with Crippen molar-refractivity contribution < 1.29 is 0 Å². The summed E-state index contributed by atoms with van der Waals surface area (Å²) >= 11 is 1.81. The van der Waals surface area contributed by atoms with Crippen molar-refractivity contribution in [3.63, 3.8) is 0 Å². The van der Waals surface area contributed by atoms with Gasteiger partial charge in [-0.3, -0.25) is 0 Å². The summed E-state index contributed by atoms with van der Waals surface area (Å²) in [6.07, 6.45) is 0. The van der Waals surface area contributed by atoms with E-state index in [0.717, 1.165) is 22.8 Å². The molecule has 2 rings (SSSR count). The molecule has 1 aromatic heterocycles. The van der Waals surface area contributed by atoms with Gasteiger partial charge in [0.05, 0.1) is 10.5 Å². The van der Waals surface area contributed by atoms with E-state index in [-0.39, 0.29) is 0 Å². The Bertz CT molecular complexity index is 468. The third-order valence-corrected chi connectivity index (χ3v) is 3.27. The largest absolute Gasteiger partial charge is 0.309 e. The molecule has 0 bridgehead atoms. The first-order valence-corrected chi connectivity index (χ1v) is 6.37. The van der Waals surface area contributed by atoms with E-state index in [4.69, 9.17) is 0 Å². The van der Waals surface area contributed by atoms with Crippen LogP contribution < -0.4 is 0 Å². The number of fused-ring (bicyclic) bond motifs is 1. The topological polar surface area (TPSA) is 16.1 Å². The zero-order chi connectivity index (χ0) is 11.4. The predicted molar refractivity (Wildman–Crippen MR) is 71.0 cm³/mol. The van der Waals surface area contributed by atoms with E-state index < -0.39 is 0 Å². The SMILES string of the molecule is CN(C)CCSc1ccc2ccccc2n1. The lowest BCUT2D eigenvalue weighted by Gasteiger charge is -2.08. The average molecular weight is 232 g/mol. The fourth-order valence-electron chi connectivity index (χ4n) is 1.46. The van der Waals surface area contributed by atoms with E-state index in [1.54, 1.807) is 0 Å². The van der Waals surface area contributed by atoms with Crippen LogP contribution in [0.3, 0.4) is 0 Å². The number of aromatic nitrogens is 1. The number of thioether (sulfide) groups is 1. The van der Waals surface area contributed by atoms with Crippen LogP contribution in [0.2, 0.25) is 0 Å². The van der Waals surface area contributed by atoms with Gasteiger partial charge in [-0.15, -0.1) is 11.8 Å². The number of hydrogen-bond donors (Lipinski definition) is 0. The highest BCUT2D eigenvalue weighted by atomic mass is 32.2. The Morgan fingerprint density at radius 1 is 1.12 bits per heavy atom. The molecular weight excluding hydrogens is 216 g/mol. The summed E-state index contributed by atoms with van der Waals surface area (Å²) in [5, 5.41) is 2.32. The molecule has 2 aromatic rings. The van der Waals surface area contributed by atoms with E-state index in [1.807, 2.05) is 23.9 Å². The highest BCUT2D eigenvalue weighted by Gasteiger charge is 1.99. The van der Waals surface area contributed by atoms with Crippen LogP contribution in [-0.4, -0.2) is 36.3 Å². The van der Waals surface area contributed by atoms with E-state index in [1.165, 1.54) is 5.39 Å². The Labute approximate surface area is 101 Å². The van der Waals surface area contributed by atoms with Gasteiger partial charge in [0.25, 0.3) is 0 Å². The molecule has 0 saturated heterocycles. The Balaban J connectivity index is 2.08. The molecule has 0 fully saturated rings. The Hall–Kier alpha value is -1.06. The van der Waals surface area contributed by atoms with Crippen molar-refractivity contribution in [3.05, 3.63) is 36.4 Å². The molecule has 2 nitrogen and oxygen atoms in total. The third kappa shape index (κ3) is 2.97. The number of hydrogen-bond acceptors (Lipinski definition) is 3. The molecule has 16 heavy (non-hydrogen) atoms. The first-order valence-electron chi connectivity index (χ1n) is 5.39. The summed E-state index contributed by atoms with van der Waals surface area (Å²) in [6.45, 7) is 1.08.